The molecule has 1 fully saturated rings. The van der Waals surface area contributed by atoms with E-state index in [1.54, 1.807) is 0 Å². The molecule has 0 saturated carbocycles. The molecular formula is C8H13BrN4O3S. The van der Waals surface area contributed by atoms with Gasteiger partial charge in [0.05, 0.1) is 6.61 Å². The van der Waals surface area contributed by atoms with Crippen LogP contribution in [0.2, 0.25) is 0 Å². The van der Waals surface area contributed by atoms with Crippen molar-refractivity contribution < 1.29 is 13.2 Å². The second-order valence-corrected chi connectivity index (χ2v) is 6.32. The molecule has 1 aromatic rings. The van der Waals surface area contributed by atoms with E-state index >= 15 is 0 Å². The first-order valence-corrected chi connectivity index (χ1v) is 7.41. The smallest absolute Gasteiger partial charge is 0.260 e. The van der Waals surface area contributed by atoms with Gasteiger partial charge in [-0.3, -0.25) is 0 Å². The van der Waals surface area contributed by atoms with Crippen molar-refractivity contribution in [3.05, 3.63) is 4.60 Å². The summed E-state index contributed by atoms with van der Waals surface area (Å²) in [5.41, 5.74) is 0. The van der Waals surface area contributed by atoms with Crippen LogP contribution in [0.25, 0.3) is 0 Å². The van der Waals surface area contributed by atoms with Gasteiger partial charge in [-0.25, -0.2) is 17.8 Å². The predicted octanol–water partition coefficient (Wildman–Crippen LogP) is -0.108. The van der Waals surface area contributed by atoms with Crippen LogP contribution < -0.4 is 4.72 Å². The second-order valence-electron chi connectivity index (χ2n) is 3.89. The number of aromatic nitrogens is 3. The van der Waals surface area contributed by atoms with Crippen molar-refractivity contribution in [3.63, 3.8) is 0 Å². The van der Waals surface area contributed by atoms with Crippen LogP contribution in [0.3, 0.4) is 0 Å². The zero-order valence-corrected chi connectivity index (χ0v) is 11.7. The van der Waals surface area contributed by atoms with E-state index in [9.17, 15) is 8.42 Å². The standard InChI is InChI=1S/C8H13BrN4O3S/c1-13-8(7(9)11-12-13)17(14,15)10-4-6-2-3-16-5-6/h6,10H,2-5H2,1H3. The lowest BCUT2D eigenvalue weighted by molar-refractivity contribution is 0.186. The van der Waals surface area contributed by atoms with Gasteiger partial charge in [0.1, 0.15) is 0 Å². The highest BCUT2D eigenvalue weighted by atomic mass is 79.9. The number of halogens is 1. The van der Waals surface area contributed by atoms with Crippen molar-refractivity contribution in [2.75, 3.05) is 19.8 Å². The minimum atomic E-state index is -3.58. The molecule has 1 aliphatic heterocycles. The third kappa shape index (κ3) is 2.84. The number of hydrogen-bond acceptors (Lipinski definition) is 5. The Hall–Kier alpha value is -0.510. The van der Waals surface area contributed by atoms with Crippen LogP contribution in [0.1, 0.15) is 6.42 Å². The normalized spacial score (nSPS) is 20.9. The summed E-state index contributed by atoms with van der Waals surface area (Å²) in [6.07, 6.45) is 0.882. The first-order valence-electron chi connectivity index (χ1n) is 5.13. The Balaban J connectivity index is 2.08. The van der Waals surface area contributed by atoms with E-state index in [1.165, 1.54) is 11.7 Å². The van der Waals surface area contributed by atoms with Crippen molar-refractivity contribution in [3.8, 4) is 0 Å². The van der Waals surface area contributed by atoms with Crippen molar-refractivity contribution >= 4 is 26.0 Å². The highest BCUT2D eigenvalue weighted by Crippen LogP contribution is 2.18. The first-order chi connectivity index (χ1) is 8.00. The summed E-state index contributed by atoms with van der Waals surface area (Å²) in [6, 6.07) is 0. The fourth-order valence-corrected chi connectivity index (χ4v) is 3.85. The van der Waals surface area contributed by atoms with Gasteiger partial charge >= 0.3 is 0 Å². The molecule has 1 saturated heterocycles. The Morgan fingerprint density at radius 2 is 2.41 bits per heavy atom. The number of nitrogens with one attached hydrogen (secondary N) is 1. The average Bonchev–Trinajstić information content (AvgIpc) is 2.86. The Bertz CT molecular complexity index is 475. The summed E-state index contributed by atoms with van der Waals surface area (Å²) in [6.45, 7) is 1.68. The minimum Gasteiger partial charge on any atom is -0.381 e. The number of hydrogen-bond donors (Lipinski definition) is 1. The molecule has 1 aliphatic rings. The minimum absolute atomic E-state index is 0.0383. The van der Waals surface area contributed by atoms with Gasteiger partial charge in [0, 0.05) is 20.2 Å². The lowest BCUT2D eigenvalue weighted by Crippen LogP contribution is -2.31. The molecule has 1 atom stereocenters. The molecule has 7 nitrogen and oxygen atoms in total. The van der Waals surface area contributed by atoms with Gasteiger partial charge in [-0.15, -0.1) is 5.10 Å². The summed E-state index contributed by atoms with van der Waals surface area (Å²) >= 11 is 3.07. The highest BCUT2D eigenvalue weighted by Gasteiger charge is 2.25. The number of sulfonamides is 1. The van der Waals surface area contributed by atoms with Gasteiger partial charge in [0.15, 0.2) is 4.60 Å². The van der Waals surface area contributed by atoms with Crippen LogP contribution in [0.4, 0.5) is 0 Å². The molecule has 96 valence electrons. The Labute approximate surface area is 108 Å². The Morgan fingerprint density at radius 3 is 2.94 bits per heavy atom. The highest BCUT2D eigenvalue weighted by molar-refractivity contribution is 9.10. The van der Waals surface area contributed by atoms with E-state index in [2.05, 4.69) is 31.0 Å². The summed E-state index contributed by atoms with van der Waals surface area (Å²) < 4.78 is 33.2. The lowest BCUT2D eigenvalue weighted by atomic mass is 10.1. The van der Waals surface area contributed by atoms with Gasteiger partial charge < -0.3 is 4.74 Å². The molecule has 2 heterocycles. The van der Waals surface area contributed by atoms with Crippen molar-refractivity contribution in [1.29, 1.82) is 0 Å². The maximum absolute atomic E-state index is 12.0. The van der Waals surface area contributed by atoms with Gasteiger partial charge in [-0.2, -0.15) is 0 Å². The van der Waals surface area contributed by atoms with Gasteiger partial charge in [0.2, 0.25) is 5.03 Å². The largest absolute Gasteiger partial charge is 0.381 e. The average molecular weight is 325 g/mol. The second kappa shape index (κ2) is 5.01. The third-order valence-electron chi connectivity index (χ3n) is 2.58. The maximum atomic E-state index is 12.0. The summed E-state index contributed by atoms with van der Waals surface area (Å²) in [4.78, 5) is 0. The van der Waals surface area contributed by atoms with E-state index in [4.69, 9.17) is 4.74 Å². The van der Waals surface area contributed by atoms with Crippen molar-refractivity contribution in [1.82, 2.24) is 19.7 Å². The molecule has 1 N–H and O–H groups in total. The summed E-state index contributed by atoms with van der Waals surface area (Å²) in [5, 5.41) is 7.32. The maximum Gasteiger partial charge on any atom is 0.260 e. The van der Waals surface area contributed by atoms with Crippen LogP contribution in [0, 0.1) is 5.92 Å². The van der Waals surface area contributed by atoms with Crippen LogP contribution in [0.15, 0.2) is 9.63 Å². The molecule has 0 bridgehead atoms. The topological polar surface area (TPSA) is 86.1 Å². The molecular weight excluding hydrogens is 312 g/mol. The van der Waals surface area contributed by atoms with E-state index in [0.717, 1.165) is 6.42 Å². The van der Waals surface area contributed by atoms with E-state index < -0.39 is 10.0 Å². The van der Waals surface area contributed by atoms with Gasteiger partial charge in [-0.1, -0.05) is 5.21 Å². The fourth-order valence-electron chi connectivity index (χ4n) is 1.65. The van der Waals surface area contributed by atoms with E-state index in [0.29, 0.717) is 19.8 Å². The molecule has 9 heteroatoms. The zero-order chi connectivity index (χ0) is 12.5. The number of ether oxygens (including phenoxy) is 1. The van der Waals surface area contributed by atoms with Crippen molar-refractivity contribution in [2.24, 2.45) is 13.0 Å². The van der Waals surface area contributed by atoms with E-state index in [-0.39, 0.29) is 15.5 Å². The molecule has 0 spiro atoms. The summed E-state index contributed by atoms with van der Waals surface area (Å²) in [7, 11) is -2.05. The van der Waals surface area contributed by atoms with Crippen LogP contribution in [-0.2, 0) is 21.8 Å². The monoisotopic (exact) mass is 324 g/mol. The van der Waals surface area contributed by atoms with Crippen molar-refractivity contribution in [2.45, 2.75) is 11.4 Å². The molecule has 0 aliphatic carbocycles. The third-order valence-corrected chi connectivity index (χ3v) is 4.89. The Morgan fingerprint density at radius 1 is 1.65 bits per heavy atom. The quantitative estimate of drug-likeness (QED) is 0.835. The molecule has 1 aromatic heterocycles. The molecule has 0 aromatic carbocycles. The van der Waals surface area contributed by atoms with Crippen LogP contribution in [0.5, 0.6) is 0 Å². The first kappa shape index (κ1) is 12.9. The lowest BCUT2D eigenvalue weighted by Gasteiger charge is -2.10. The molecule has 0 radical (unpaired) electrons. The van der Waals surface area contributed by atoms with Crippen LogP contribution in [-0.4, -0.2) is 43.2 Å². The molecule has 1 unspecified atom stereocenters. The van der Waals surface area contributed by atoms with Crippen LogP contribution >= 0.6 is 15.9 Å². The molecule has 17 heavy (non-hydrogen) atoms. The summed E-state index contributed by atoms with van der Waals surface area (Å²) in [5.74, 6) is 0.240. The fraction of sp³-hybridized carbons (Fsp3) is 0.750. The molecule has 2 rings (SSSR count). The number of nitrogens with zero attached hydrogens (tertiary/aromatic N) is 3. The van der Waals surface area contributed by atoms with E-state index in [1.807, 2.05) is 0 Å². The number of rotatable bonds is 4. The SMILES string of the molecule is Cn1nnc(Br)c1S(=O)(=O)NCC1CCOC1. The molecule has 0 amide bonds. The Kier molecular flexibility index (Phi) is 3.81. The predicted molar refractivity (Wildman–Crippen MR) is 62.8 cm³/mol. The number of aryl methyl sites for hydroxylation is 1. The van der Waals surface area contributed by atoms with Gasteiger partial charge in [0.25, 0.3) is 10.0 Å². The van der Waals surface area contributed by atoms with Gasteiger partial charge in [-0.05, 0) is 28.3 Å². The zero-order valence-electron chi connectivity index (χ0n) is 9.26.